The molecule has 1 aromatic heterocycles. The van der Waals surface area contributed by atoms with Crippen LogP contribution in [0.25, 0.3) is 11.3 Å². The van der Waals surface area contributed by atoms with E-state index in [9.17, 15) is 9.90 Å². The molecule has 0 aliphatic carbocycles. The van der Waals surface area contributed by atoms with Gasteiger partial charge < -0.3 is 24.5 Å². The lowest BCUT2D eigenvalue weighted by Gasteiger charge is -2.27. The fourth-order valence-corrected chi connectivity index (χ4v) is 4.02. The van der Waals surface area contributed by atoms with Gasteiger partial charge in [0, 0.05) is 10.9 Å². The molecule has 1 amide bonds. The summed E-state index contributed by atoms with van der Waals surface area (Å²) in [6.45, 7) is 4.94. The highest BCUT2D eigenvalue weighted by atomic mass is 79.9. The van der Waals surface area contributed by atoms with E-state index in [0.29, 0.717) is 25.5 Å². The number of halogens is 1. The van der Waals surface area contributed by atoms with E-state index in [1.54, 1.807) is 11.1 Å². The number of hydrogen-bond donors (Lipinski definition) is 2. The molecule has 2 fully saturated rings. The molecule has 28 heavy (non-hydrogen) atoms. The van der Waals surface area contributed by atoms with Gasteiger partial charge in [0.15, 0.2) is 5.79 Å². The number of likely N-dealkylation sites (tertiary alicyclic amines) is 1. The Morgan fingerprint density at radius 3 is 2.64 bits per heavy atom. The fraction of sp³-hybridized carbons (Fsp3) is 0.500. The normalized spacial score (nSPS) is 22.3. The number of nitrogens with zero attached hydrogens (tertiary/aromatic N) is 2. The van der Waals surface area contributed by atoms with Crippen molar-refractivity contribution in [1.29, 1.82) is 0 Å². The number of carbonyl (C=O) groups is 1. The smallest absolute Gasteiger partial charge is 0.252 e. The van der Waals surface area contributed by atoms with Crippen molar-refractivity contribution >= 4 is 21.8 Å². The highest BCUT2D eigenvalue weighted by molar-refractivity contribution is 9.10. The molecule has 0 bridgehead atoms. The van der Waals surface area contributed by atoms with Crippen LogP contribution in [0.1, 0.15) is 32.1 Å². The van der Waals surface area contributed by atoms with Gasteiger partial charge in [-0.1, -0.05) is 41.9 Å². The molecular formula is C20H24BrN3O4. The van der Waals surface area contributed by atoms with Gasteiger partial charge in [0.2, 0.25) is 0 Å². The number of aromatic amines is 1. The Labute approximate surface area is 172 Å². The van der Waals surface area contributed by atoms with Crippen LogP contribution in [-0.4, -0.2) is 57.5 Å². The predicted molar refractivity (Wildman–Crippen MR) is 106 cm³/mol. The van der Waals surface area contributed by atoms with Crippen molar-refractivity contribution in [3.8, 4) is 11.3 Å². The molecule has 8 heteroatoms. The molecule has 2 atom stereocenters. The second kappa shape index (κ2) is 7.59. The van der Waals surface area contributed by atoms with Crippen molar-refractivity contribution in [3.05, 3.63) is 40.8 Å². The molecule has 2 saturated heterocycles. The van der Waals surface area contributed by atoms with Crippen molar-refractivity contribution in [3.63, 3.8) is 0 Å². The lowest BCUT2D eigenvalue weighted by molar-refractivity contribution is -0.157. The first-order valence-corrected chi connectivity index (χ1v) is 10.3. The minimum atomic E-state index is -1.07. The molecule has 1 aromatic carbocycles. The molecule has 2 aromatic rings. The Bertz CT molecular complexity index is 845. The first kappa shape index (κ1) is 19.6. The number of imidazole rings is 1. The third-order valence-corrected chi connectivity index (χ3v) is 5.87. The maximum Gasteiger partial charge on any atom is 0.252 e. The zero-order valence-electron chi connectivity index (χ0n) is 15.9. The van der Waals surface area contributed by atoms with E-state index in [1.165, 1.54) is 0 Å². The maximum atomic E-state index is 12.9. The number of benzene rings is 1. The van der Waals surface area contributed by atoms with Gasteiger partial charge in [0.05, 0.1) is 37.7 Å². The van der Waals surface area contributed by atoms with Crippen molar-refractivity contribution in [2.45, 2.75) is 38.2 Å². The van der Waals surface area contributed by atoms with Gasteiger partial charge in [0.25, 0.3) is 5.91 Å². The van der Waals surface area contributed by atoms with E-state index in [2.05, 4.69) is 25.9 Å². The minimum Gasteiger partial charge on any atom is -0.383 e. The Morgan fingerprint density at radius 1 is 1.32 bits per heavy atom. The summed E-state index contributed by atoms with van der Waals surface area (Å²) in [5, 5.41) is 10.4. The number of amides is 1. The van der Waals surface area contributed by atoms with Gasteiger partial charge in [-0.2, -0.15) is 0 Å². The van der Waals surface area contributed by atoms with E-state index in [1.807, 2.05) is 38.1 Å². The zero-order chi connectivity index (χ0) is 19.9. The Kier molecular flexibility index (Phi) is 5.30. The standard InChI is InChI=1S/C20H24BrN3O4/c1-12(2)17(25)19(26)24-11-20(27-7-8-28-20)9-16(24)18-22-10-15(23-18)13-3-5-14(21)6-4-13/h3-6,10,12,16-17,25H,7-9,11H2,1-2H3,(H,22,23). The molecule has 4 rings (SSSR count). The number of hydrogen-bond acceptors (Lipinski definition) is 5. The molecule has 3 heterocycles. The summed E-state index contributed by atoms with van der Waals surface area (Å²) in [5.41, 5.74) is 1.87. The van der Waals surface area contributed by atoms with Crippen LogP contribution in [0.3, 0.4) is 0 Å². The maximum absolute atomic E-state index is 12.9. The van der Waals surface area contributed by atoms with Crippen molar-refractivity contribution < 1.29 is 19.4 Å². The van der Waals surface area contributed by atoms with E-state index in [0.717, 1.165) is 15.7 Å². The van der Waals surface area contributed by atoms with Gasteiger partial charge in [0.1, 0.15) is 11.9 Å². The number of ether oxygens (including phenoxy) is 2. The molecule has 0 saturated carbocycles. The van der Waals surface area contributed by atoms with Crippen LogP contribution >= 0.6 is 15.9 Å². The van der Waals surface area contributed by atoms with Gasteiger partial charge in [-0.15, -0.1) is 0 Å². The Balaban J connectivity index is 1.63. The van der Waals surface area contributed by atoms with E-state index >= 15 is 0 Å². The molecule has 1 spiro atoms. The Morgan fingerprint density at radius 2 is 2.00 bits per heavy atom. The lowest BCUT2D eigenvalue weighted by Crippen LogP contribution is -2.44. The topological polar surface area (TPSA) is 87.7 Å². The summed E-state index contributed by atoms with van der Waals surface area (Å²) in [6.07, 6.45) is 1.18. The largest absolute Gasteiger partial charge is 0.383 e. The van der Waals surface area contributed by atoms with E-state index in [-0.39, 0.29) is 24.4 Å². The third-order valence-electron chi connectivity index (χ3n) is 5.34. The second-order valence-electron chi connectivity index (χ2n) is 7.67. The van der Waals surface area contributed by atoms with Crippen LogP contribution in [0.5, 0.6) is 0 Å². The summed E-state index contributed by atoms with van der Waals surface area (Å²) in [5.74, 6) is -0.650. The Hall–Kier alpha value is -1.74. The quantitative estimate of drug-likeness (QED) is 0.748. The average molecular weight is 450 g/mol. The van der Waals surface area contributed by atoms with Crippen LogP contribution in [0, 0.1) is 5.92 Å². The number of H-pyrrole nitrogens is 1. The summed E-state index contributed by atoms with van der Waals surface area (Å²) in [7, 11) is 0. The van der Waals surface area contributed by atoms with Crippen molar-refractivity contribution in [2.75, 3.05) is 19.8 Å². The molecule has 150 valence electrons. The van der Waals surface area contributed by atoms with Crippen LogP contribution in [0.4, 0.5) is 0 Å². The van der Waals surface area contributed by atoms with Gasteiger partial charge in [-0.3, -0.25) is 4.79 Å². The van der Waals surface area contributed by atoms with Gasteiger partial charge >= 0.3 is 0 Å². The SMILES string of the molecule is CC(C)C(O)C(=O)N1CC2(CC1c1ncc(-c3ccc(Br)cc3)[nH]1)OCCO2. The second-order valence-corrected chi connectivity index (χ2v) is 8.59. The van der Waals surface area contributed by atoms with Crippen LogP contribution in [0.2, 0.25) is 0 Å². The highest BCUT2D eigenvalue weighted by Gasteiger charge is 2.52. The monoisotopic (exact) mass is 449 g/mol. The first-order valence-electron chi connectivity index (χ1n) is 9.46. The van der Waals surface area contributed by atoms with Crippen molar-refractivity contribution in [2.24, 2.45) is 5.92 Å². The predicted octanol–water partition coefficient (Wildman–Crippen LogP) is 2.87. The fourth-order valence-electron chi connectivity index (χ4n) is 3.76. The molecule has 2 unspecified atom stereocenters. The van der Waals surface area contributed by atoms with Crippen LogP contribution < -0.4 is 0 Å². The van der Waals surface area contributed by atoms with E-state index < -0.39 is 11.9 Å². The lowest BCUT2D eigenvalue weighted by atomic mass is 10.1. The molecule has 0 radical (unpaired) electrons. The minimum absolute atomic E-state index is 0.176. The summed E-state index contributed by atoms with van der Waals surface area (Å²) >= 11 is 3.44. The molecule has 2 aliphatic rings. The zero-order valence-corrected chi connectivity index (χ0v) is 17.5. The molecule has 7 nitrogen and oxygen atoms in total. The van der Waals surface area contributed by atoms with Crippen molar-refractivity contribution in [1.82, 2.24) is 14.9 Å². The number of aliphatic hydroxyl groups excluding tert-OH is 1. The molecule has 2 aliphatic heterocycles. The summed E-state index contributed by atoms with van der Waals surface area (Å²) < 4.78 is 12.7. The average Bonchev–Trinajstić information content (AvgIpc) is 3.41. The summed E-state index contributed by atoms with van der Waals surface area (Å²) in [4.78, 5) is 22.5. The molecular weight excluding hydrogens is 426 g/mol. The van der Waals surface area contributed by atoms with Crippen LogP contribution in [-0.2, 0) is 14.3 Å². The summed E-state index contributed by atoms with van der Waals surface area (Å²) in [6, 6.07) is 7.58. The highest BCUT2D eigenvalue weighted by Crippen LogP contribution is 2.42. The first-order chi connectivity index (χ1) is 13.4. The number of rotatable bonds is 4. The van der Waals surface area contributed by atoms with Gasteiger partial charge in [-0.25, -0.2) is 4.98 Å². The third kappa shape index (κ3) is 3.61. The van der Waals surface area contributed by atoms with E-state index in [4.69, 9.17) is 9.47 Å². The van der Waals surface area contributed by atoms with Gasteiger partial charge in [-0.05, 0) is 23.6 Å². The van der Waals surface area contributed by atoms with Crippen LogP contribution in [0.15, 0.2) is 34.9 Å². The molecule has 2 N–H and O–H groups in total. The number of aromatic nitrogens is 2. The number of nitrogens with one attached hydrogen (secondary N) is 1. The number of aliphatic hydroxyl groups is 1. The number of carbonyl (C=O) groups excluding carboxylic acids is 1.